The molecule has 0 bridgehead atoms. The molecule has 112 valence electrons. The number of anilines is 1. The molecule has 0 aliphatic heterocycles. The molecule has 1 aromatic rings. The summed E-state index contributed by atoms with van der Waals surface area (Å²) in [5.74, 6) is 0.621. The van der Waals surface area contributed by atoms with Gasteiger partial charge in [0.25, 0.3) is 5.56 Å². The second-order valence-electron chi connectivity index (χ2n) is 5.28. The highest BCUT2D eigenvalue weighted by atomic mass is 79.9. The Morgan fingerprint density at radius 2 is 2.30 bits per heavy atom. The van der Waals surface area contributed by atoms with Crippen molar-refractivity contribution in [2.24, 2.45) is 5.92 Å². The fourth-order valence-electron chi connectivity index (χ4n) is 1.86. The van der Waals surface area contributed by atoms with Crippen molar-refractivity contribution in [3.63, 3.8) is 0 Å². The molecule has 1 unspecified atom stereocenters. The van der Waals surface area contributed by atoms with E-state index in [0.29, 0.717) is 42.3 Å². The Morgan fingerprint density at radius 1 is 1.55 bits per heavy atom. The Morgan fingerprint density at radius 3 is 2.95 bits per heavy atom. The van der Waals surface area contributed by atoms with Gasteiger partial charge in [0.15, 0.2) is 0 Å². The maximum Gasteiger partial charge on any atom is 0.283 e. The fraction of sp³-hybridized carbons (Fsp3) is 0.692. The van der Waals surface area contributed by atoms with Crippen LogP contribution in [0.3, 0.4) is 0 Å². The molecule has 0 saturated heterocycles. The third-order valence-electron chi connectivity index (χ3n) is 3.17. The lowest BCUT2D eigenvalue weighted by atomic mass is 10.4. The van der Waals surface area contributed by atoms with Gasteiger partial charge in [-0.05, 0) is 41.6 Å². The van der Waals surface area contributed by atoms with Crippen LogP contribution in [0.5, 0.6) is 0 Å². The van der Waals surface area contributed by atoms with Crippen molar-refractivity contribution < 1.29 is 5.11 Å². The molecule has 6 nitrogen and oxygen atoms in total. The predicted molar refractivity (Wildman–Crippen MR) is 82.0 cm³/mol. The van der Waals surface area contributed by atoms with Crippen LogP contribution in [0.2, 0.25) is 0 Å². The monoisotopic (exact) mass is 344 g/mol. The summed E-state index contributed by atoms with van der Waals surface area (Å²) in [4.78, 5) is 12.1. The van der Waals surface area contributed by atoms with E-state index >= 15 is 0 Å². The van der Waals surface area contributed by atoms with E-state index < -0.39 is 0 Å². The second-order valence-corrected chi connectivity index (χ2v) is 6.08. The van der Waals surface area contributed by atoms with Crippen molar-refractivity contribution in [1.29, 1.82) is 0 Å². The van der Waals surface area contributed by atoms with Gasteiger partial charge in [0.1, 0.15) is 4.47 Å². The van der Waals surface area contributed by atoms with Crippen LogP contribution < -0.4 is 16.2 Å². The van der Waals surface area contributed by atoms with Gasteiger partial charge in [0.05, 0.1) is 18.0 Å². The molecule has 0 aromatic carbocycles. The van der Waals surface area contributed by atoms with Crippen molar-refractivity contribution in [2.75, 3.05) is 25.0 Å². The number of hydrogen-bond donors (Lipinski definition) is 3. The molecule has 1 atom stereocenters. The first-order valence-electron chi connectivity index (χ1n) is 6.96. The molecule has 1 saturated carbocycles. The van der Waals surface area contributed by atoms with E-state index in [0.717, 1.165) is 0 Å². The van der Waals surface area contributed by atoms with Gasteiger partial charge in [0, 0.05) is 26.2 Å². The van der Waals surface area contributed by atoms with Crippen LogP contribution in [0, 0.1) is 5.92 Å². The summed E-state index contributed by atoms with van der Waals surface area (Å²) < 4.78 is 2.06. The second kappa shape index (κ2) is 7.19. The maximum absolute atomic E-state index is 12.1. The van der Waals surface area contributed by atoms with Crippen LogP contribution in [0.4, 0.5) is 5.69 Å². The summed E-state index contributed by atoms with van der Waals surface area (Å²) in [5.41, 5.74) is 0.625. The molecular formula is C13H21BrN4O2. The lowest BCUT2D eigenvalue weighted by molar-refractivity contribution is 0.192. The summed E-state index contributed by atoms with van der Waals surface area (Å²) in [6, 6.07) is 0. The van der Waals surface area contributed by atoms with Crippen LogP contribution >= 0.6 is 15.9 Å². The van der Waals surface area contributed by atoms with E-state index in [1.54, 1.807) is 13.1 Å². The molecule has 2 rings (SSSR count). The predicted octanol–water partition coefficient (Wildman–Crippen LogP) is 0.798. The van der Waals surface area contributed by atoms with Crippen LogP contribution in [-0.4, -0.2) is 40.6 Å². The molecule has 1 fully saturated rings. The third kappa shape index (κ3) is 4.57. The minimum atomic E-state index is -0.352. The van der Waals surface area contributed by atoms with Crippen LogP contribution in [0.15, 0.2) is 15.5 Å². The smallest absolute Gasteiger partial charge is 0.283 e. The van der Waals surface area contributed by atoms with Crippen LogP contribution in [0.1, 0.15) is 19.8 Å². The Bertz CT molecular complexity index is 500. The highest BCUT2D eigenvalue weighted by Crippen LogP contribution is 2.30. The summed E-state index contributed by atoms with van der Waals surface area (Å²) in [7, 11) is 0. The van der Waals surface area contributed by atoms with Crippen LogP contribution in [0.25, 0.3) is 0 Å². The van der Waals surface area contributed by atoms with Gasteiger partial charge in [-0.1, -0.05) is 0 Å². The van der Waals surface area contributed by atoms with Crippen molar-refractivity contribution >= 4 is 21.6 Å². The summed E-state index contributed by atoms with van der Waals surface area (Å²) in [6.07, 6.45) is 3.72. The largest absolute Gasteiger partial charge is 0.392 e. The first-order chi connectivity index (χ1) is 9.58. The number of nitrogens with one attached hydrogen (secondary N) is 2. The molecule has 1 aliphatic carbocycles. The molecular weight excluding hydrogens is 324 g/mol. The summed E-state index contributed by atoms with van der Waals surface area (Å²) >= 11 is 3.34. The fourth-order valence-corrected chi connectivity index (χ4v) is 2.31. The first kappa shape index (κ1) is 15.5. The molecule has 0 amide bonds. The average molecular weight is 345 g/mol. The molecule has 1 aliphatic rings. The van der Waals surface area contributed by atoms with Crippen molar-refractivity contribution in [1.82, 2.24) is 15.1 Å². The van der Waals surface area contributed by atoms with Crippen molar-refractivity contribution in [3.05, 3.63) is 21.0 Å². The molecule has 1 heterocycles. The minimum absolute atomic E-state index is 0.0844. The van der Waals surface area contributed by atoms with Gasteiger partial charge in [-0.3, -0.25) is 4.79 Å². The SMILES string of the molecule is CC(O)CNCCNc1cnn(CC2CC2)c(=O)c1Br. The topological polar surface area (TPSA) is 79.2 Å². The van der Waals surface area contributed by atoms with E-state index in [9.17, 15) is 4.79 Å². The number of halogens is 1. The minimum Gasteiger partial charge on any atom is -0.392 e. The van der Waals surface area contributed by atoms with E-state index in [-0.39, 0.29) is 11.7 Å². The Labute approximate surface area is 126 Å². The van der Waals surface area contributed by atoms with Gasteiger partial charge < -0.3 is 15.7 Å². The highest BCUT2D eigenvalue weighted by molar-refractivity contribution is 9.10. The van der Waals surface area contributed by atoms with Gasteiger partial charge in [-0.2, -0.15) is 5.10 Å². The zero-order chi connectivity index (χ0) is 14.5. The highest BCUT2D eigenvalue weighted by Gasteiger charge is 2.23. The number of aliphatic hydroxyl groups is 1. The standard InChI is InChI=1S/C13H21BrN4O2/c1-9(19)6-15-4-5-16-11-7-17-18(8-10-2-3-10)13(20)12(11)14/h7,9-10,15-16,19H,2-6,8H2,1H3. The number of nitrogens with zero attached hydrogens (tertiary/aromatic N) is 2. The van der Waals surface area contributed by atoms with E-state index in [1.807, 2.05) is 0 Å². The number of rotatable bonds is 8. The zero-order valence-electron chi connectivity index (χ0n) is 11.6. The lowest BCUT2D eigenvalue weighted by Crippen LogP contribution is -2.30. The zero-order valence-corrected chi connectivity index (χ0v) is 13.2. The average Bonchev–Trinajstić information content (AvgIpc) is 3.21. The normalized spacial score (nSPS) is 16.1. The maximum atomic E-state index is 12.1. The van der Waals surface area contributed by atoms with E-state index in [2.05, 4.69) is 31.7 Å². The van der Waals surface area contributed by atoms with Gasteiger partial charge in [-0.25, -0.2) is 4.68 Å². The molecule has 3 N–H and O–H groups in total. The number of aromatic nitrogens is 2. The van der Waals surface area contributed by atoms with Gasteiger partial charge >= 0.3 is 0 Å². The van der Waals surface area contributed by atoms with Crippen molar-refractivity contribution in [3.8, 4) is 0 Å². The van der Waals surface area contributed by atoms with Crippen molar-refractivity contribution in [2.45, 2.75) is 32.4 Å². The molecule has 0 radical (unpaired) electrons. The Balaban J connectivity index is 1.85. The third-order valence-corrected chi connectivity index (χ3v) is 3.94. The van der Waals surface area contributed by atoms with E-state index in [4.69, 9.17) is 5.11 Å². The Hall–Kier alpha value is -0.920. The molecule has 1 aromatic heterocycles. The molecule has 20 heavy (non-hydrogen) atoms. The molecule has 0 spiro atoms. The molecule has 7 heteroatoms. The van der Waals surface area contributed by atoms with Crippen LogP contribution in [-0.2, 0) is 6.54 Å². The first-order valence-corrected chi connectivity index (χ1v) is 7.75. The summed E-state index contributed by atoms with van der Waals surface area (Å²) in [5, 5.41) is 19.6. The number of aliphatic hydroxyl groups excluding tert-OH is 1. The van der Waals surface area contributed by atoms with Gasteiger partial charge in [-0.15, -0.1) is 0 Å². The van der Waals surface area contributed by atoms with Gasteiger partial charge in [0.2, 0.25) is 0 Å². The Kier molecular flexibility index (Phi) is 5.56. The quantitative estimate of drug-likeness (QED) is 0.608. The van der Waals surface area contributed by atoms with E-state index in [1.165, 1.54) is 17.5 Å². The number of hydrogen-bond acceptors (Lipinski definition) is 5. The summed E-state index contributed by atoms with van der Waals surface area (Å²) in [6.45, 7) is 4.39. The lowest BCUT2D eigenvalue weighted by Gasteiger charge is -2.11.